The zero-order valence-electron chi connectivity index (χ0n) is 18.7. The van der Waals surface area contributed by atoms with Gasteiger partial charge in [0.05, 0.1) is 16.8 Å². The normalized spacial score (nSPS) is 10.8. The van der Waals surface area contributed by atoms with E-state index in [0.717, 1.165) is 0 Å². The summed E-state index contributed by atoms with van der Waals surface area (Å²) in [6.45, 7) is 1.43. The fourth-order valence-corrected chi connectivity index (χ4v) is 4.18. The third kappa shape index (κ3) is 5.19. The quantitative estimate of drug-likeness (QED) is 0.309. The molecular formula is C27H20Cl2N2O4. The fourth-order valence-electron chi connectivity index (χ4n) is 3.93. The number of rotatable bonds is 7. The molecule has 0 fully saturated rings. The van der Waals surface area contributed by atoms with Crippen molar-refractivity contribution < 1.29 is 14.7 Å². The van der Waals surface area contributed by atoms with Gasteiger partial charge in [0, 0.05) is 27.7 Å². The standard InChI is InChI=1S/C27H20Cl2N2O4/c1-16(32)23-24(18-6-10-20(28)11-7-18)25(19-8-12-21(29)13-9-19)30-31(26(23)33)15-14-17-4-2-3-5-22(17)27(34)35/h2-13H,14-15H2,1H3,(H,34,35). The van der Waals surface area contributed by atoms with E-state index in [1.807, 2.05) is 0 Å². The van der Waals surface area contributed by atoms with Crippen LogP contribution in [0.2, 0.25) is 10.0 Å². The van der Waals surface area contributed by atoms with E-state index in [9.17, 15) is 19.5 Å². The predicted molar refractivity (Wildman–Crippen MR) is 136 cm³/mol. The van der Waals surface area contributed by atoms with E-state index in [4.69, 9.17) is 23.2 Å². The summed E-state index contributed by atoms with van der Waals surface area (Å²) in [4.78, 5) is 37.8. The lowest BCUT2D eigenvalue weighted by Crippen LogP contribution is -2.30. The summed E-state index contributed by atoms with van der Waals surface area (Å²) in [5.74, 6) is -1.46. The molecule has 0 radical (unpaired) electrons. The molecule has 0 amide bonds. The summed E-state index contributed by atoms with van der Waals surface area (Å²) in [5, 5.41) is 15.2. The lowest BCUT2D eigenvalue weighted by Gasteiger charge is -2.17. The number of aromatic carboxylic acids is 1. The molecule has 0 unspecified atom stereocenters. The van der Waals surface area contributed by atoms with E-state index >= 15 is 0 Å². The Hall–Kier alpha value is -3.74. The molecule has 0 aliphatic rings. The molecule has 0 bridgehead atoms. The van der Waals surface area contributed by atoms with Gasteiger partial charge in [0.15, 0.2) is 5.78 Å². The van der Waals surface area contributed by atoms with Crippen LogP contribution in [0.3, 0.4) is 0 Å². The van der Waals surface area contributed by atoms with Gasteiger partial charge in [0.1, 0.15) is 0 Å². The average molecular weight is 507 g/mol. The monoisotopic (exact) mass is 506 g/mol. The summed E-state index contributed by atoms with van der Waals surface area (Å²) >= 11 is 12.1. The Morgan fingerprint density at radius 3 is 2.03 bits per heavy atom. The Balaban J connectivity index is 1.92. The van der Waals surface area contributed by atoms with Crippen molar-refractivity contribution in [3.8, 4) is 22.4 Å². The van der Waals surface area contributed by atoms with Gasteiger partial charge in [0.25, 0.3) is 5.56 Å². The molecule has 3 aromatic carbocycles. The first-order valence-electron chi connectivity index (χ1n) is 10.8. The highest BCUT2D eigenvalue weighted by Crippen LogP contribution is 2.33. The van der Waals surface area contributed by atoms with Crippen LogP contribution in [0.25, 0.3) is 22.4 Å². The Morgan fingerprint density at radius 2 is 1.46 bits per heavy atom. The minimum absolute atomic E-state index is 0.00112. The van der Waals surface area contributed by atoms with E-state index in [0.29, 0.717) is 38.0 Å². The first kappa shape index (κ1) is 24.4. The third-order valence-electron chi connectivity index (χ3n) is 5.60. The number of aromatic nitrogens is 2. The summed E-state index contributed by atoms with van der Waals surface area (Å²) in [7, 11) is 0. The second-order valence-electron chi connectivity index (χ2n) is 7.91. The predicted octanol–water partition coefficient (Wildman–Crippen LogP) is 6.03. The highest BCUT2D eigenvalue weighted by Gasteiger charge is 2.23. The number of nitrogens with zero attached hydrogens (tertiary/aromatic N) is 2. The molecule has 6 nitrogen and oxygen atoms in total. The van der Waals surface area contributed by atoms with Crippen molar-refractivity contribution in [3.05, 3.63) is 110 Å². The Labute approximate surface area is 211 Å². The average Bonchev–Trinajstić information content (AvgIpc) is 2.84. The fraction of sp³-hybridized carbons (Fsp3) is 0.111. The highest BCUT2D eigenvalue weighted by molar-refractivity contribution is 6.31. The van der Waals surface area contributed by atoms with Crippen LogP contribution in [-0.4, -0.2) is 26.6 Å². The molecule has 35 heavy (non-hydrogen) atoms. The van der Waals surface area contributed by atoms with Crippen molar-refractivity contribution in [2.75, 3.05) is 0 Å². The third-order valence-corrected chi connectivity index (χ3v) is 6.10. The van der Waals surface area contributed by atoms with Gasteiger partial charge in [-0.1, -0.05) is 65.7 Å². The zero-order chi connectivity index (χ0) is 25.1. The molecule has 0 atom stereocenters. The molecule has 0 saturated carbocycles. The molecular weight excluding hydrogens is 487 g/mol. The molecule has 0 aliphatic carbocycles. The molecule has 8 heteroatoms. The summed E-state index contributed by atoms with van der Waals surface area (Å²) < 4.78 is 1.22. The number of hydrogen-bond donors (Lipinski definition) is 1. The van der Waals surface area contributed by atoms with E-state index in [2.05, 4.69) is 5.10 Å². The van der Waals surface area contributed by atoms with Crippen LogP contribution < -0.4 is 5.56 Å². The molecule has 0 saturated heterocycles. The number of hydrogen-bond acceptors (Lipinski definition) is 4. The van der Waals surface area contributed by atoms with Crippen LogP contribution in [0, 0.1) is 0 Å². The number of ketones is 1. The van der Waals surface area contributed by atoms with Crippen LogP contribution in [0.4, 0.5) is 0 Å². The van der Waals surface area contributed by atoms with Crippen LogP contribution in [0.5, 0.6) is 0 Å². The lowest BCUT2D eigenvalue weighted by atomic mass is 9.94. The number of benzene rings is 3. The number of aryl methyl sites for hydroxylation is 2. The number of carboxylic acid groups (broad SMARTS) is 1. The van der Waals surface area contributed by atoms with Gasteiger partial charge in [0.2, 0.25) is 0 Å². The smallest absolute Gasteiger partial charge is 0.335 e. The summed E-state index contributed by atoms with van der Waals surface area (Å²) in [5.41, 5.74) is 2.30. The second-order valence-corrected chi connectivity index (χ2v) is 8.78. The molecule has 4 rings (SSSR count). The van der Waals surface area contributed by atoms with Crippen molar-refractivity contribution in [2.24, 2.45) is 0 Å². The molecule has 0 spiro atoms. The van der Waals surface area contributed by atoms with Crippen LogP contribution in [0.15, 0.2) is 77.6 Å². The maximum Gasteiger partial charge on any atom is 0.335 e. The van der Waals surface area contributed by atoms with Crippen LogP contribution in [-0.2, 0) is 13.0 Å². The number of carboxylic acids is 1. The molecule has 1 N–H and O–H groups in total. The Kier molecular flexibility index (Phi) is 7.15. The molecule has 1 heterocycles. The Morgan fingerprint density at radius 1 is 0.886 bits per heavy atom. The van der Waals surface area contributed by atoms with Crippen LogP contribution >= 0.6 is 23.2 Å². The zero-order valence-corrected chi connectivity index (χ0v) is 20.2. The van der Waals surface area contributed by atoms with Crippen LogP contribution in [0.1, 0.15) is 33.2 Å². The van der Waals surface area contributed by atoms with Gasteiger partial charge in [-0.2, -0.15) is 5.10 Å². The minimum atomic E-state index is -1.05. The van der Waals surface area contributed by atoms with Crippen molar-refractivity contribution in [1.29, 1.82) is 0 Å². The van der Waals surface area contributed by atoms with E-state index in [1.54, 1.807) is 66.7 Å². The largest absolute Gasteiger partial charge is 0.478 e. The number of carbonyl (C=O) groups excluding carboxylic acids is 1. The SMILES string of the molecule is CC(=O)c1c(-c2ccc(Cl)cc2)c(-c2ccc(Cl)cc2)nn(CCc2ccccc2C(=O)O)c1=O. The van der Waals surface area contributed by atoms with Gasteiger partial charge in [-0.05, 0) is 54.8 Å². The van der Waals surface area contributed by atoms with Gasteiger partial charge in [-0.25, -0.2) is 9.48 Å². The van der Waals surface area contributed by atoms with E-state index in [1.165, 1.54) is 17.7 Å². The highest BCUT2D eigenvalue weighted by atomic mass is 35.5. The van der Waals surface area contributed by atoms with Gasteiger partial charge >= 0.3 is 5.97 Å². The Bertz CT molecular complexity index is 1480. The van der Waals surface area contributed by atoms with Crippen molar-refractivity contribution >= 4 is 35.0 Å². The molecule has 4 aromatic rings. The van der Waals surface area contributed by atoms with Crippen molar-refractivity contribution in [1.82, 2.24) is 9.78 Å². The van der Waals surface area contributed by atoms with Gasteiger partial charge < -0.3 is 5.11 Å². The number of Topliss-reactive ketones (excluding diaryl/α,β-unsaturated/α-hetero) is 1. The van der Waals surface area contributed by atoms with Crippen molar-refractivity contribution in [2.45, 2.75) is 19.9 Å². The van der Waals surface area contributed by atoms with E-state index in [-0.39, 0.29) is 24.1 Å². The topological polar surface area (TPSA) is 89.3 Å². The van der Waals surface area contributed by atoms with Gasteiger partial charge in [-0.15, -0.1) is 0 Å². The molecule has 176 valence electrons. The maximum atomic E-state index is 13.5. The maximum absolute atomic E-state index is 13.5. The van der Waals surface area contributed by atoms with Crippen molar-refractivity contribution in [3.63, 3.8) is 0 Å². The number of carbonyl (C=O) groups is 2. The van der Waals surface area contributed by atoms with Gasteiger partial charge in [-0.3, -0.25) is 9.59 Å². The minimum Gasteiger partial charge on any atom is -0.478 e. The second kappa shape index (κ2) is 10.3. The molecule has 1 aromatic heterocycles. The molecule has 0 aliphatic heterocycles. The number of halogens is 2. The first-order chi connectivity index (χ1) is 16.8. The first-order valence-corrected chi connectivity index (χ1v) is 11.5. The summed E-state index contributed by atoms with van der Waals surface area (Å²) in [6, 6.07) is 20.4. The van der Waals surface area contributed by atoms with E-state index < -0.39 is 17.3 Å². The summed E-state index contributed by atoms with van der Waals surface area (Å²) in [6.07, 6.45) is 0.243. The lowest BCUT2D eigenvalue weighted by molar-refractivity contribution is 0.0695.